The van der Waals surface area contributed by atoms with Crippen LogP contribution < -0.4 is 5.32 Å². The lowest BCUT2D eigenvalue weighted by molar-refractivity contribution is -0.265. The predicted molar refractivity (Wildman–Crippen MR) is 266 cm³/mol. The number of hydrogen-bond donors (Lipinski definition) is 3. The number of carbonyl (C=O) groups is 6. The Morgan fingerprint density at radius 1 is 0.915 bits per heavy atom. The van der Waals surface area contributed by atoms with Gasteiger partial charge in [-0.1, -0.05) is 77.0 Å². The van der Waals surface area contributed by atoms with E-state index in [9.17, 15) is 39.0 Å². The van der Waals surface area contributed by atoms with Gasteiger partial charge >= 0.3 is 12.1 Å². The first kappa shape index (κ1) is 59.1. The fraction of sp³-hybridized carbons (Fsp3) is 0.709. The van der Waals surface area contributed by atoms with E-state index < -0.39 is 90.0 Å². The van der Waals surface area contributed by atoms with Gasteiger partial charge < -0.3 is 48.9 Å². The molecule has 3 aliphatic heterocycles. The molecule has 15 atom stereocenters. The Hall–Kier alpha value is -4.50. The van der Waals surface area contributed by atoms with Crippen LogP contribution in [0.1, 0.15) is 126 Å². The molecule has 0 aromatic heterocycles. The standard InChI is InChI=1S/C55H82N2O14/c1-12-25-56-54(64)70-49-38(7)28-35(4)44(59)32-46(36(5)29-40-22-24-43(58)47(30-40)67-10)69-53(63)42-20-16-17-26-57(42)52(62)51(61)55(65)39(8)21-23-41(71-55)31-45(66-9)34(3)19-15-13-14-18-33(2)27-37(6)48(60)50(49)68-11/h1,13-15,18-19,28,33,35-37,39-43,45-47,49-50,58,65H,16-17,20-27,29-32H2,2-11H3,(H,56,64)/b15-13+,18-14+,34-19+,38-28+/t33-,35-,36-,37-,39-,40+,41+,42+,43-,45+,46+,47-,49-,50+,55-/m1/s1. The van der Waals surface area contributed by atoms with Gasteiger partial charge in [0.2, 0.25) is 5.79 Å². The third kappa shape index (κ3) is 16.2. The number of Topliss-reactive ketones (excluding diaryl/α,β-unsaturated/α-hetero) is 3. The molecule has 396 valence electrons. The van der Waals surface area contributed by atoms with Crippen molar-refractivity contribution in [2.75, 3.05) is 34.4 Å². The number of fused-ring (bicyclic) bond motifs is 3. The number of esters is 1. The van der Waals surface area contributed by atoms with Crippen molar-refractivity contribution in [1.82, 2.24) is 10.2 Å². The van der Waals surface area contributed by atoms with E-state index in [-0.39, 0.29) is 61.4 Å². The van der Waals surface area contributed by atoms with E-state index in [1.807, 2.05) is 51.2 Å². The Morgan fingerprint density at radius 2 is 1.65 bits per heavy atom. The summed E-state index contributed by atoms with van der Waals surface area (Å²) in [6.07, 6.45) is 15.0. The minimum absolute atomic E-state index is 0.0491. The first-order chi connectivity index (χ1) is 33.7. The number of amides is 2. The molecule has 0 aromatic carbocycles. The monoisotopic (exact) mass is 995 g/mol. The minimum Gasteiger partial charge on any atom is -0.460 e. The minimum atomic E-state index is -2.45. The van der Waals surface area contributed by atoms with Crippen molar-refractivity contribution >= 4 is 35.3 Å². The van der Waals surface area contributed by atoms with Crippen LogP contribution in [0.2, 0.25) is 0 Å². The summed E-state index contributed by atoms with van der Waals surface area (Å²) in [7, 11) is 4.48. The number of hydrogen-bond acceptors (Lipinski definition) is 14. The molecule has 16 heteroatoms. The topological polar surface area (TPSA) is 214 Å². The highest BCUT2D eigenvalue weighted by Gasteiger charge is 2.53. The average molecular weight is 995 g/mol. The second-order valence-corrected chi connectivity index (χ2v) is 20.5. The number of methoxy groups -OCH3 is 3. The van der Waals surface area contributed by atoms with Crippen molar-refractivity contribution in [3.63, 3.8) is 0 Å². The third-order valence-electron chi connectivity index (χ3n) is 15.0. The Morgan fingerprint density at radius 3 is 2.32 bits per heavy atom. The summed E-state index contributed by atoms with van der Waals surface area (Å²) in [5.41, 5.74) is 1.23. The molecule has 2 bridgehead atoms. The number of aliphatic hydroxyl groups is 2. The highest BCUT2D eigenvalue weighted by atomic mass is 16.6. The Kier molecular flexibility index (Phi) is 23.4. The lowest BCUT2D eigenvalue weighted by Crippen LogP contribution is -2.61. The van der Waals surface area contributed by atoms with E-state index >= 15 is 0 Å². The van der Waals surface area contributed by atoms with Crippen LogP contribution in [0.15, 0.2) is 47.6 Å². The summed E-state index contributed by atoms with van der Waals surface area (Å²) in [5.74, 6) is -6.20. The SMILES string of the molecule is C#CCNC(=O)O[C@@H]1/C(C)=C/[C@@H](C)C(=O)C[C@@H]([C@H](C)C[C@@H]2CC[C@@H](O)[C@H](OC)C2)OC(=O)[C@@H]2CCCCN2C(=O)C(=O)[C@]2(O)O[C@@H](CC[C@H]2C)C[C@H](OC)/C(C)=C/C=C/C=C/[C@@H](C)C[C@@H](C)C(=O)[C@@H]1OC. The van der Waals surface area contributed by atoms with Gasteiger partial charge in [-0.3, -0.25) is 19.2 Å². The fourth-order valence-corrected chi connectivity index (χ4v) is 10.5. The summed E-state index contributed by atoms with van der Waals surface area (Å²) in [5, 5.41) is 25.0. The number of nitrogens with one attached hydrogen (secondary N) is 1. The predicted octanol–water partition coefficient (Wildman–Crippen LogP) is 6.55. The van der Waals surface area contributed by atoms with Crippen LogP contribution in [0, 0.1) is 47.9 Å². The molecule has 3 heterocycles. The molecule has 1 aliphatic carbocycles. The summed E-state index contributed by atoms with van der Waals surface area (Å²) in [6, 6.07) is -1.18. The van der Waals surface area contributed by atoms with Gasteiger partial charge in [-0.2, -0.15) is 0 Å². The van der Waals surface area contributed by atoms with E-state index in [1.54, 1.807) is 48.0 Å². The van der Waals surface area contributed by atoms with Crippen molar-refractivity contribution in [3.05, 3.63) is 47.6 Å². The van der Waals surface area contributed by atoms with Gasteiger partial charge in [0, 0.05) is 58.5 Å². The summed E-state index contributed by atoms with van der Waals surface area (Å²) in [6.45, 7) is 12.5. The molecule has 4 rings (SSSR count). The average Bonchev–Trinajstić information content (AvgIpc) is 3.34. The van der Waals surface area contributed by atoms with E-state index in [4.69, 9.17) is 34.8 Å². The molecule has 2 amide bonds. The number of carbonyl (C=O) groups excluding carboxylic acids is 6. The zero-order valence-electron chi connectivity index (χ0n) is 43.8. The Balaban J connectivity index is 1.77. The van der Waals surface area contributed by atoms with Crippen LogP contribution in [-0.4, -0.2) is 139 Å². The second-order valence-electron chi connectivity index (χ2n) is 20.5. The van der Waals surface area contributed by atoms with Gasteiger partial charge in [0.15, 0.2) is 18.0 Å². The maximum absolute atomic E-state index is 14.5. The zero-order chi connectivity index (χ0) is 52.6. The smallest absolute Gasteiger partial charge is 0.408 e. The van der Waals surface area contributed by atoms with E-state index in [0.29, 0.717) is 69.8 Å². The summed E-state index contributed by atoms with van der Waals surface area (Å²) >= 11 is 0. The summed E-state index contributed by atoms with van der Waals surface area (Å²) in [4.78, 5) is 85.9. The molecule has 1 saturated carbocycles. The zero-order valence-corrected chi connectivity index (χ0v) is 43.8. The molecule has 0 unspecified atom stereocenters. The van der Waals surface area contributed by atoms with Gasteiger partial charge in [0.25, 0.3) is 11.7 Å². The van der Waals surface area contributed by atoms with Crippen LogP contribution in [0.25, 0.3) is 0 Å². The quantitative estimate of drug-likeness (QED) is 0.102. The summed E-state index contributed by atoms with van der Waals surface area (Å²) < 4.78 is 35.5. The molecular weight excluding hydrogens is 913 g/mol. The van der Waals surface area contributed by atoms with E-state index in [1.165, 1.54) is 12.0 Å². The molecule has 0 radical (unpaired) electrons. The van der Waals surface area contributed by atoms with Gasteiger partial charge in [-0.15, -0.1) is 6.42 Å². The molecule has 16 nitrogen and oxygen atoms in total. The molecule has 0 aromatic rings. The van der Waals surface area contributed by atoms with Crippen molar-refractivity contribution in [2.24, 2.45) is 35.5 Å². The third-order valence-corrected chi connectivity index (χ3v) is 15.0. The molecule has 3 N–H and O–H groups in total. The van der Waals surface area contributed by atoms with Crippen molar-refractivity contribution in [1.29, 1.82) is 0 Å². The van der Waals surface area contributed by atoms with Crippen molar-refractivity contribution in [2.45, 2.75) is 180 Å². The van der Waals surface area contributed by atoms with Crippen LogP contribution in [0.4, 0.5) is 4.79 Å². The normalized spacial score (nSPS) is 37.7. The van der Waals surface area contributed by atoms with Gasteiger partial charge in [0.05, 0.1) is 31.0 Å². The van der Waals surface area contributed by atoms with Crippen molar-refractivity contribution < 1.29 is 67.4 Å². The van der Waals surface area contributed by atoms with Gasteiger partial charge in [-0.25, -0.2) is 9.59 Å². The number of alkyl carbamates (subject to hydrolysis) is 1. The number of allylic oxidation sites excluding steroid dienone is 6. The highest BCUT2D eigenvalue weighted by Crippen LogP contribution is 2.38. The number of piperidine rings is 1. The fourth-order valence-electron chi connectivity index (χ4n) is 10.5. The van der Waals surface area contributed by atoms with Gasteiger partial charge in [-0.05, 0) is 107 Å². The molecule has 4 aliphatic rings. The molecule has 71 heavy (non-hydrogen) atoms. The van der Waals surface area contributed by atoms with Crippen LogP contribution >= 0.6 is 0 Å². The molecular formula is C55H82N2O14. The highest BCUT2D eigenvalue weighted by molar-refractivity contribution is 6.39. The maximum atomic E-state index is 14.5. The number of nitrogens with zero attached hydrogens (tertiary/aromatic N) is 1. The largest absolute Gasteiger partial charge is 0.460 e. The molecule has 2 saturated heterocycles. The van der Waals surface area contributed by atoms with E-state index in [2.05, 4.69) is 11.2 Å². The van der Waals surface area contributed by atoms with Crippen LogP contribution in [-0.2, 0) is 52.4 Å². The lowest BCUT2D eigenvalue weighted by Gasteiger charge is -2.42. The van der Waals surface area contributed by atoms with Gasteiger partial charge in [0.1, 0.15) is 17.9 Å². The van der Waals surface area contributed by atoms with Crippen LogP contribution in [0.3, 0.4) is 0 Å². The van der Waals surface area contributed by atoms with Crippen LogP contribution in [0.5, 0.6) is 0 Å². The number of ether oxygens (including phenoxy) is 6. The Labute approximate surface area is 421 Å². The molecule has 3 fully saturated rings. The second kappa shape index (κ2) is 28.1. The Bertz CT molecular complexity index is 2010. The lowest BCUT2D eigenvalue weighted by atomic mass is 9.78. The first-order valence-electron chi connectivity index (χ1n) is 25.6. The van der Waals surface area contributed by atoms with E-state index in [0.717, 1.165) is 5.57 Å². The molecule has 0 spiro atoms. The first-order valence-corrected chi connectivity index (χ1v) is 25.6. The van der Waals surface area contributed by atoms with Crippen molar-refractivity contribution in [3.8, 4) is 12.3 Å². The maximum Gasteiger partial charge on any atom is 0.408 e. The number of terminal acetylenes is 1. The number of ketones is 3. The number of rotatable bonds is 8. The number of cyclic esters (lactones) is 1. The number of aliphatic hydroxyl groups excluding tert-OH is 1.